The van der Waals surface area contributed by atoms with Gasteiger partial charge in [-0.1, -0.05) is 17.7 Å². The highest BCUT2D eigenvalue weighted by Gasteiger charge is 2.28. The Balaban J connectivity index is 1.86. The molecular weight excluding hydrogens is 344 g/mol. The predicted molar refractivity (Wildman–Crippen MR) is 104 cm³/mol. The number of carbonyl (C=O) groups is 1. The van der Waals surface area contributed by atoms with E-state index in [2.05, 4.69) is 0 Å². The largest absolute Gasteiger partial charge is 0.493 e. The van der Waals surface area contributed by atoms with E-state index < -0.39 is 0 Å². The summed E-state index contributed by atoms with van der Waals surface area (Å²) in [5.74, 6) is 2.33. The van der Waals surface area contributed by atoms with Crippen LogP contribution in [0, 0.1) is 0 Å². The lowest BCUT2D eigenvalue weighted by Gasteiger charge is -2.10. The number of benzene rings is 2. The van der Waals surface area contributed by atoms with E-state index in [0.29, 0.717) is 40.7 Å². The summed E-state index contributed by atoms with van der Waals surface area (Å²) in [7, 11) is 3.13. The van der Waals surface area contributed by atoms with Crippen LogP contribution in [0.2, 0.25) is 0 Å². The molecule has 1 heterocycles. The van der Waals surface area contributed by atoms with Crippen molar-refractivity contribution in [2.45, 2.75) is 13.8 Å². The zero-order valence-corrected chi connectivity index (χ0v) is 15.9. The Labute approximate surface area is 158 Å². The molecule has 0 saturated carbocycles. The summed E-state index contributed by atoms with van der Waals surface area (Å²) in [6.07, 6.45) is 3.65. The number of allylic oxidation sites excluding steroid dienone is 2. The molecule has 5 nitrogen and oxygen atoms in total. The van der Waals surface area contributed by atoms with Crippen molar-refractivity contribution in [3.63, 3.8) is 0 Å². The van der Waals surface area contributed by atoms with Gasteiger partial charge in [0.15, 0.2) is 17.3 Å². The van der Waals surface area contributed by atoms with E-state index in [9.17, 15) is 4.79 Å². The average Bonchev–Trinajstić information content (AvgIpc) is 2.96. The Hall–Kier alpha value is -3.21. The van der Waals surface area contributed by atoms with Crippen molar-refractivity contribution in [1.29, 1.82) is 0 Å². The Morgan fingerprint density at radius 2 is 1.93 bits per heavy atom. The van der Waals surface area contributed by atoms with Gasteiger partial charge in [0.2, 0.25) is 5.78 Å². The normalized spacial score (nSPS) is 13.8. The third kappa shape index (κ3) is 3.97. The summed E-state index contributed by atoms with van der Waals surface area (Å²) in [5, 5.41) is 0. The monoisotopic (exact) mass is 366 g/mol. The average molecular weight is 366 g/mol. The highest BCUT2D eigenvalue weighted by atomic mass is 16.5. The minimum absolute atomic E-state index is 0.175. The first-order chi connectivity index (χ1) is 13.0. The number of ketones is 1. The van der Waals surface area contributed by atoms with Crippen LogP contribution < -0.4 is 18.9 Å². The van der Waals surface area contributed by atoms with Gasteiger partial charge >= 0.3 is 0 Å². The molecule has 0 spiro atoms. The van der Waals surface area contributed by atoms with Gasteiger partial charge in [-0.05, 0) is 44.2 Å². The maximum absolute atomic E-state index is 12.7. The van der Waals surface area contributed by atoms with Crippen molar-refractivity contribution in [3.05, 3.63) is 64.9 Å². The molecule has 2 aromatic carbocycles. The summed E-state index contributed by atoms with van der Waals surface area (Å²) in [6, 6.07) is 10.7. The molecule has 3 rings (SSSR count). The van der Waals surface area contributed by atoms with Gasteiger partial charge < -0.3 is 18.9 Å². The fourth-order valence-corrected chi connectivity index (χ4v) is 2.73. The highest BCUT2D eigenvalue weighted by molar-refractivity contribution is 6.14. The molecule has 0 saturated heterocycles. The van der Waals surface area contributed by atoms with E-state index >= 15 is 0 Å². The van der Waals surface area contributed by atoms with Gasteiger partial charge in [0, 0.05) is 11.6 Å². The van der Waals surface area contributed by atoms with E-state index in [1.807, 2.05) is 32.1 Å². The fourth-order valence-electron chi connectivity index (χ4n) is 2.73. The maximum atomic E-state index is 12.7. The second kappa shape index (κ2) is 7.99. The predicted octanol–water partition coefficient (Wildman–Crippen LogP) is 4.67. The molecule has 1 aliphatic rings. The maximum Gasteiger partial charge on any atom is 0.231 e. The number of fused-ring (bicyclic) bond motifs is 1. The summed E-state index contributed by atoms with van der Waals surface area (Å²) < 4.78 is 22.2. The van der Waals surface area contributed by atoms with Gasteiger partial charge in [-0.3, -0.25) is 4.79 Å². The van der Waals surface area contributed by atoms with Crippen molar-refractivity contribution in [2.24, 2.45) is 0 Å². The van der Waals surface area contributed by atoms with E-state index in [4.69, 9.17) is 18.9 Å². The Kier molecular flexibility index (Phi) is 5.50. The van der Waals surface area contributed by atoms with Gasteiger partial charge in [-0.2, -0.15) is 0 Å². The molecule has 0 aliphatic carbocycles. The fraction of sp³-hybridized carbons (Fsp3) is 0.227. The standard InChI is InChI=1S/C22H22O5/c1-14(2)10-11-26-16-8-9-17-19(13-16)27-20(21(17)23)12-15-6-5-7-18(24-3)22(15)25-4/h5-10,12-13H,11H2,1-4H3. The third-order valence-corrected chi connectivity index (χ3v) is 4.10. The molecular formula is C22H22O5. The van der Waals surface area contributed by atoms with Crippen LogP contribution in [0.15, 0.2) is 53.8 Å². The zero-order chi connectivity index (χ0) is 19.4. The molecule has 0 amide bonds. The van der Waals surface area contributed by atoms with E-state index in [1.54, 1.807) is 44.6 Å². The Morgan fingerprint density at radius 3 is 2.63 bits per heavy atom. The quantitative estimate of drug-likeness (QED) is 0.549. The van der Waals surface area contributed by atoms with Crippen molar-refractivity contribution in [1.82, 2.24) is 0 Å². The Bertz CT molecular complexity index is 920. The lowest BCUT2D eigenvalue weighted by Crippen LogP contribution is -1.99. The number of hydrogen-bond donors (Lipinski definition) is 0. The Morgan fingerprint density at radius 1 is 1.11 bits per heavy atom. The molecule has 0 fully saturated rings. The molecule has 0 aromatic heterocycles. The summed E-state index contributed by atoms with van der Waals surface area (Å²) in [6.45, 7) is 4.49. The van der Waals surface area contributed by atoms with Crippen LogP contribution in [0.3, 0.4) is 0 Å². The molecule has 0 radical (unpaired) electrons. The summed E-state index contributed by atoms with van der Waals surface area (Å²) in [5.41, 5.74) is 2.39. The van der Waals surface area contributed by atoms with Gasteiger partial charge in [0.05, 0.1) is 19.8 Å². The number of rotatable bonds is 6. The zero-order valence-electron chi connectivity index (χ0n) is 15.9. The molecule has 0 bridgehead atoms. The van der Waals surface area contributed by atoms with E-state index in [1.165, 1.54) is 5.57 Å². The van der Waals surface area contributed by atoms with Gasteiger partial charge in [-0.15, -0.1) is 0 Å². The molecule has 140 valence electrons. The number of hydrogen-bond acceptors (Lipinski definition) is 5. The molecule has 0 unspecified atom stereocenters. The van der Waals surface area contributed by atoms with Gasteiger partial charge in [-0.25, -0.2) is 0 Å². The van der Waals surface area contributed by atoms with Crippen LogP contribution in [-0.4, -0.2) is 26.6 Å². The third-order valence-electron chi connectivity index (χ3n) is 4.10. The van der Waals surface area contributed by atoms with Crippen molar-refractivity contribution >= 4 is 11.9 Å². The van der Waals surface area contributed by atoms with Crippen LogP contribution in [0.25, 0.3) is 6.08 Å². The number of para-hydroxylation sites is 1. The van der Waals surface area contributed by atoms with E-state index in [0.717, 1.165) is 0 Å². The molecule has 1 aliphatic heterocycles. The summed E-state index contributed by atoms with van der Waals surface area (Å²) in [4.78, 5) is 12.7. The van der Waals surface area contributed by atoms with Crippen LogP contribution in [0.5, 0.6) is 23.0 Å². The molecule has 5 heteroatoms. The van der Waals surface area contributed by atoms with Gasteiger partial charge in [0.1, 0.15) is 18.1 Å². The minimum Gasteiger partial charge on any atom is -0.493 e. The molecule has 2 aromatic rings. The summed E-state index contributed by atoms with van der Waals surface area (Å²) >= 11 is 0. The molecule has 27 heavy (non-hydrogen) atoms. The first-order valence-electron chi connectivity index (χ1n) is 8.59. The van der Waals surface area contributed by atoms with Crippen LogP contribution in [0.1, 0.15) is 29.8 Å². The van der Waals surface area contributed by atoms with Crippen LogP contribution in [0.4, 0.5) is 0 Å². The first kappa shape index (κ1) is 18.6. The topological polar surface area (TPSA) is 54.0 Å². The lowest BCUT2D eigenvalue weighted by molar-refractivity contribution is 0.101. The number of methoxy groups -OCH3 is 2. The van der Waals surface area contributed by atoms with Crippen molar-refractivity contribution in [3.8, 4) is 23.0 Å². The molecule has 0 atom stereocenters. The van der Waals surface area contributed by atoms with Crippen LogP contribution >= 0.6 is 0 Å². The number of ether oxygens (including phenoxy) is 4. The smallest absolute Gasteiger partial charge is 0.231 e. The second-order valence-electron chi connectivity index (χ2n) is 6.27. The van der Waals surface area contributed by atoms with Crippen molar-refractivity contribution < 1.29 is 23.7 Å². The molecule has 0 N–H and O–H groups in total. The van der Waals surface area contributed by atoms with Crippen LogP contribution in [-0.2, 0) is 0 Å². The minimum atomic E-state index is -0.175. The SMILES string of the molecule is COc1cccc(C=C2Oc3cc(OCC=C(C)C)ccc3C2=O)c1OC. The number of carbonyl (C=O) groups excluding carboxylic acids is 1. The van der Waals surface area contributed by atoms with Gasteiger partial charge in [0.25, 0.3) is 0 Å². The highest BCUT2D eigenvalue weighted by Crippen LogP contribution is 2.37. The first-order valence-corrected chi connectivity index (χ1v) is 8.59. The van der Waals surface area contributed by atoms with E-state index in [-0.39, 0.29) is 11.5 Å². The second-order valence-corrected chi connectivity index (χ2v) is 6.27. The number of Topliss-reactive ketones (excluding diaryl/α,β-unsaturated/α-hetero) is 1. The van der Waals surface area contributed by atoms with Crippen molar-refractivity contribution in [2.75, 3.05) is 20.8 Å². The lowest BCUT2D eigenvalue weighted by atomic mass is 10.1.